The number of pyridine rings is 1. The molecule has 5 nitrogen and oxygen atoms in total. The van der Waals surface area contributed by atoms with Crippen molar-refractivity contribution >= 4 is 6.09 Å². The van der Waals surface area contributed by atoms with E-state index < -0.39 is 0 Å². The molecule has 1 fully saturated rings. The standard InChI is InChI=1S/C24H25N3O2/c1-18(22-9-5-6-14-25-22)26-15-19-10-12-20(13-11-19)16-27-17-23(29-24(27)28)21-7-3-2-4-8-21/h2-14,18,23,26H,15-17H2,1H3. The van der Waals surface area contributed by atoms with Gasteiger partial charge in [-0.05, 0) is 35.7 Å². The van der Waals surface area contributed by atoms with E-state index >= 15 is 0 Å². The molecular formula is C24H25N3O2. The van der Waals surface area contributed by atoms with E-state index in [2.05, 4.69) is 41.5 Å². The van der Waals surface area contributed by atoms with Crippen molar-refractivity contribution in [3.8, 4) is 0 Å². The summed E-state index contributed by atoms with van der Waals surface area (Å²) < 4.78 is 5.53. The number of hydrogen-bond donors (Lipinski definition) is 1. The molecule has 2 heterocycles. The van der Waals surface area contributed by atoms with Crippen LogP contribution in [0.3, 0.4) is 0 Å². The van der Waals surface area contributed by atoms with E-state index in [9.17, 15) is 4.79 Å². The van der Waals surface area contributed by atoms with Crippen LogP contribution in [0.1, 0.15) is 41.5 Å². The Labute approximate surface area is 171 Å². The van der Waals surface area contributed by atoms with Crippen LogP contribution in [-0.4, -0.2) is 22.5 Å². The number of carbonyl (C=O) groups excluding carboxylic acids is 1. The lowest BCUT2D eigenvalue weighted by Gasteiger charge is -2.15. The fraction of sp³-hybridized carbons (Fsp3) is 0.250. The number of carbonyl (C=O) groups is 1. The van der Waals surface area contributed by atoms with Gasteiger partial charge in [-0.2, -0.15) is 0 Å². The number of cyclic esters (lactones) is 1. The molecule has 29 heavy (non-hydrogen) atoms. The van der Waals surface area contributed by atoms with Gasteiger partial charge in [-0.15, -0.1) is 0 Å². The van der Waals surface area contributed by atoms with Gasteiger partial charge < -0.3 is 10.1 Å². The monoisotopic (exact) mass is 387 g/mol. The molecule has 1 aliphatic heterocycles. The van der Waals surface area contributed by atoms with Crippen LogP contribution in [0.25, 0.3) is 0 Å². The summed E-state index contributed by atoms with van der Waals surface area (Å²) in [6.45, 7) is 4.01. The average molecular weight is 387 g/mol. The Bertz CT molecular complexity index is 929. The number of hydrogen-bond acceptors (Lipinski definition) is 4. The Hall–Kier alpha value is -3.18. The van der Waals surface area contributed by atoms with Gasteiger partial charge in [0.25, 0.3) is 0 Å². The first-order chi connectivity index (χ1) is 14.2. The fourth-order valence-corrected chi connectivity index (χ4v) is 3.47. The van der Waals surface area contributed by atoms with Gasteiger partial charge in [-0.3, -0.25) is 9.88 Å². The number of ether oxygens (including phenoxy) is 1. The zero-order valence-electron chi connectivity index (χ0n) is 16.5. The minimum Gasteiger partial charge on any atom is -0.439 e. The van der Waals surface area contributed by atoms with Crippen LogP contribution in [-0.2, 0) is 17.8 Å². The third-order valence-electron chi connectivity index (χ3n) is 5.20. The summed E-state index contributed by atoms with van der Waals surface area (Å²) in [7, 11) is 0. The lowest BCUT2D eigenvalue weighted by molar-refractivity contribution is 0.132. The van der Waals surface area contributed by atoms with E-state index in [0.29, 0.717) is 13.1 Å². The molecule has 2 aromatic carbocycles. The lowest BCUT2D eigenvalue weighted by Crippen LogP contribution is -2.23. The van der Waals surface area contributed by atoms with Gasteiger partial charge >= 0.3 is 6.09 Å². The predicted octanol–water partition coefficient (Wildman–Crippen LogP) is 4.63. The number of amides is 1. The highest BCUT2D eigenvalue weighted by Crippen LogP contribution is 2.27. The van der Waals surface area contributed by atoms with E-state index in [1.807, 2.05) is 54.7 Å². The third-order valence-corrected chi connectivity index (χ3v) is 5.20. The second kappa shape index (κ2) is 8.88. The van der Waals surface area contributed by atoms with Gasteiger partial charge in [0.15, 0.2) is 0 Å². The molecular weight excluding hydrogens is 362 g/mol. The number of nitrogens with one attached hydrogen (secondary N) is 1. The second-order valence-corrected chi connectivity index (χ2v) is 7.34. The van der Waals surface area contributed by atoms with Crippen molar-refractivity contribution in [1.29, 1.82) is 0 Å². The third kappa shape index (κ3) is 4.81. The Morgan fingerprint density at radius 2 is 1.76 bits per heavy atom. The SMILES string of the molecule is CC(NCc1ccc(CN2CC(c3ccccc3)OC2=O)cc1)c1ccccn1. The molecule has 148 valence electrons. The van der Waals surface area contributed by atoms with Crippen LogP contribution < -0.4 is 5.32 Å². The summed E-state index contributed by atoms with van der Waals surface area (Å²) >= 11 is 0. The number of aromatic nitrogens is 1. The Morgan fingerprint density at radius 3 is 2.48 bits per heavy atom. The molecule has 0 saturated carbocycles. The summed E-state index contributed by atoms with van der Waals surface area (Å²) in [5.74, 6) is 0. The average Bonchev–Trinajstić information content (AvgIpc) is 3.14. The highest BCUT2D eigenvalue weighted by Gasteiger charge is 2.32. The summed E-state index contributed by atoms with van der Waals surface area (Å²) in [6.07, 6.45) is 1.36. The number of benzene rings is 2. The topological polar surface area (TPSA) is 54.5 Å². The van der Waals surface area contributed by atoms with Crippen LogP contribution in [0.15, 0.2) is 79.0 Å². The lowest BCUT2D eigenvalue weighted by atomic mass is 10.1. The molecule has 1 N–H and O–H groups in total. The molecule has 0 aliphatic carbocycles. The molecule has 1 aliphatic rings. The Kier molecular flexibility index (Phi) is 5.86. The first-order valence-electron chi connectivity index (χ1n) is 9.91. The van der Waals surface area contributed by atoms with Crippen LogP contribution in [0.2, 0.25) is 0 Å². The minimum absolute atomic E-state index is 0.185. The summed E-state index contributed by atoms with van der Waals surface area (Å²) in [6, 6.07) is 24.4. The predicted molar refractivity (Wildman–Crippen MR) is 112 cm³/mol. The van der Waals surface area contributed by atoms with E-state index in [4.69, 9.17) is 4.74 Å². The molecule has 3 aromatic rings. The molecule has 2 unspecified atom stereocenters. The van der Waals surface area contributed by atoms with Crippen molar-refractivity contribution in [3.63, 3.8) is 0 Å². The maximum Gasteiger partial charge on any atom is 0.410 e. The molecule has 0 radical (unpaired) electrons. The summed E-state index contributed by atoms with van der Waals surface area (Å²) in [5, 5.41) is 3.49. The van der Waals surface area contributed by atoms with Crippen LogP contribution in [0.4, 0.5) is 4.79 Å². The highest BCUT2D eigenvalue weighted by molar-refractivity contribution is 5.70. The van der Waals surface area contributed by atoms with Gasteiger partial charge in [0.2, 0.25) is 0 Å². The normalized spacial score (nSPS) is 17.2. The summed E-state index contributed by atoms with van der Waals surface area (Å²) in [4.78, 5) is 18.4. The maximum atomic E-state index is 12.2. The molecule has 1 amide bonds. The molecule has 1 aromatic heterocycles. The first kappa shape index (κ1) is 19.2. The largest absolute Gasteiger partial charge is 0.439 e. The van der Waals surface area contributed by atoms with E-state index in [-0.39, 0.29) is 18.2 Å². The van der Waals surface area contributed by atoms with Gasteiger partial charge in [0.05, 0.1) is 12.2 Å². The quantitative estimate of drug-likeness (QED) is 0.642. The molecule has 0 bridgehead atoms. The van der Waals surface area contributed by atoms with Crippen molar-refractivity contribution in [1.82, 2.24) is 15.2 Å². The van der Waals surface area contributed by atoms with Gasteiger partial charge in [-0.25, -0.2) is 4.79 Å². The second-order valence-electron chi connectivity index (χ2n) is 7.34. The van der Waals surface area contributed by atoms with Crippen molar-refractivity contribution in [2.24, 2.45) is 0 Å². The van der Waals surface area contributed by atoms with Crippen molar-refractivity contribution < 1.29 is 9.53 Å². The first-order valence-corrected chi connectivity index (χ1v) is 9.91. The van der Waals surface area contributed by atoms with Crippen LogP contribution in [0, 0.1) is 0 Å². The smallest absolute Gasteiger partial charge is 0.410 e. The van der Waals surface area contributed by atoms with Gasteiger partial charge in [0.1, 0.15) is 6.10 Å². The van der Waals surface area contributed by atoms with E-state index in [0.717, 1.165) is 23.4 Å². The van der Waals surface area contributed by atoms with Gasteiger partial charge in [-0.1, -0.05) is 60.7 Å². The van der Waals surface area contributed by atoms with Crippen LogP contribution in [0.5, 0.6) is 0 Å². The van der Waals surface area contributed by atoms with E-state index in [1.165, 1.54) is 5.56 Å². The molecule has 5 heteroatoms. The maximum absolute atomic E-state index is 12.2. The Balaban J connectivity index is 1.31. The zero-order chi connectivity index (χ0) is 20.1. The molecule has 2 atom stereocenters. The fourth-order valence-electron chi connectivity index (χ4n) is 3.47. The molecule has 1 saturated heterocycles. The van der Waals surface area contributed by atoms with Crippen molar-refractivity contribution in [3.05, 3.63) is 101 Å². The summed E-state index contributed by atoms with van der Waals surface area (Å²) in [5.41, 5.74) is 4.36. The molecule has 0 spiro atoms. The van der Waals surface area contributed by atoms with Crippen molar-refractivity contribution in [2.45, 2.75) is 32.2 Å². The number of nitrogens with zero attached hydrogens (tertiary/aromatic N) is 2. The van der Waals surface area contributed by atoms with Crippen molar-refractivity contribution in [2.75, 3.05) is 6.54 Å². The highest BCUT2D eigenvalue weighted by atomic mass is 16.6. The zero-order valence-corrected chi connectivity index (χ0v) is 16.5. The van der Waals surface area contributed by atoms with Crippen LogP contribution >= 0.6 is 0 Å². The Morgan fingerprint density at radius 1 is 1.03 bits per heavy atom. The molecule has 4 rings (SSSR count). The minimum atomic E-state index is -0.256. The van der Waals surface area contributed by atoms with E-state index in [1.54, 1.807) is 4.90 Å². The number of rotatable bonds is 7. The van der Waals surface area contributed by atoms with Gasteiger partial charge in [0, 0.05) is 25.3 Å².